The fraction of sp³-hybridized carbons (Fsp3) is 0.769. The molecule has 1 N–H and O–H groups in total. The number of methoxy groups -OCH3 is 1. The van der Waals surface area contributed by atoms with E-state index < -0.39 is 29.1 Å². The molecular formula is C13H22NO5W-. The van der Waals surface area contributed by atoms with Gasteiger partial charge in [-0.05, 0) is 26.2 Å². The molecule has 20 heavy (non-hydrogen) atoms. The van der Waals surface area contributed by atoms with Gasteiger partial charge in [0.1, 0.15) is 11.6 Å². The number of alkyl carbamates (subject to hydrolysis) is 1. The molecule has 0 spiro atoms. The Labute approximate surface area is 134 Å². The summed E-state index contributed by atoms with van der Waals surface area (Å²) in [4.78, 5) is 33.9. The molecule has 0 aromatic carbocycles. The molecule has 0 aliphatic carbocycles. The Kier molecular flexibility index (Phi) is 8.99. The minimum atomic E-state index is -0.978. The van der Waals surface area contributed by atoms with Crippen molar-refractivity contribution in [2.75, 3.05) is 7.11 Å². The van der Waals surface area contributed by atoms with Crippen LogP contribution in [0.3, 0.4) is 0 Å². The molecule has 1 amide bonds. The molecule has 0 saturated carbocycles. The molecule has 6 nitrogen and oxygen atoms in total. The quantitative estimate of drug-likeness (QED) is 0.502. The average molecular weight is 456 g/mol. The Balaban J connectivity index is 0. The molecule has 0 aromatic rings. The molecule has 0 aliphatic heterocycles. The number of carbonyl (C=O) groups excluding carboxylic acids is 3. The zero-order valence-corrected chi connectivity index (χ0v) is 15.7. The first-order valence-electron chi connectivity index (χ1n) is 5.96. The van der Waals surface area contributed by atoms with E-state index in [-0.39, 0.29) is 27.5 Å². The Morgan fingerprint density at radius 2 is 1.70 bits per heavy atom. The maximum atomic E-state index is 11.7. The van der Waals surface area contributed by atoms with Crippen molar-refractivity contribution in [1.82, 2.24) is 5.32 Å². The summed E-state index contributed by atoms with van der Waals surface area (Å²) in [7, 11) is 1.22. The van der Waals surface area contributed by atoms with Gasteiger partial charge >= 0.3 is 12.1 Å². The largest absolute Gasteiger partial charge is 0.542 e. The molecule has 0 fully saturated rings. The topological polar surface area (TPSA) is 81.7 Å². The minimum Gasteiger partial charge on any atom is -0.542 e. The first-order chi connectivity index (χ1) is 8.53. The SMILES string of the molecule is COC(=O)C(NC(=O)OC(C)(C)C)C(C)(C)C[C-]=O.[W]. The van der Waals surface area contributed by atoms with Gasteiger partial charge in [0.25, 0.3) is 0 Å². The minimum absolute atomic E-state index is 0. The number of ether oxygens (including phenoxy) is 2. The van der Waals surface area contributed by atoms with E-state index in [4.69, 9.17) is 4.74 Å². The summed E-state index contributed by atoms with van der Waals surface area (Å²) in [6, 6.07) is -0.978. The number of nitrogens with one attached hydrogen (secondary N) is 1. The van der Waals surface area contributed by atoms with E-state index in [2.05, 4.69) is 10.1 Å². The molecule has 116 valence electrons. The van der Waals surface area contributed by atoms with Crippen LogP contribution in [-0.4, -0.2) is 37.1 Å². The predicted octanol–water partition coefficient (Wildman–Crippen LogP) is 1.58. The van der Waals surface area contributed by atoms with Gasteiger partial charge in [-0.15, -0.1) is 6.42 Å². The van der Waals surface area contributed by atoms with Gasteiger partial charge < -0.3 is 19.6 Å². The summed E-state index contributed by atoms with van der Waals surface area (Å²) in [5.74, 6) is -0.633. The van der Waals surface area contributed by atoms with Crippen LogP contribution in [0.1, 0.15) is 41.0 Å². The van der Waals surface area contributed by atoms with Crippen molar-refractivity contribution in [2.24, 2.45) is 5.41 Å². The average Bonchev–Trinajstić information content (AvgIpc) is 2.22. The molecule has 1 unspecified atom stereocenters. The fourth-order valence-corrected chi connectivity index (χ4v) is 1.40. The van der Waals surface area contributed by atoms with Gasteiger partial charge in [-0.25, -0.2) is 9.59 Å². The second-order valence-corrected chi connectivity index (χ2v) is 5.91. The van der Waals surface area contributed by atoms with E-state index in [1.54, 1.807) is 40.9 Å². The molecule has 0 aromatic heterocycles. The van der Waals surface area contributed by atoms with Crippen molar-refractivity contribution in [3.05, 3.63) is 0 Å². The molecule has 7 heteroatoms. The normalized spacial score (nSPS) is 12.7. The van der Waals surface area contributed by atoms with E-state index in [1.165, 1.54) is 7.11 Å². The number of amides is 1. The van der Waals surface area contributed by atoms with Crippen LogP contribution in [0.15, 0.2) is 0 Å². The van der Waals surface area contributed by atoms with Gasteiger partial charge in [0.05, 0.1) is 7.11 Å². The van der Waals surface area contributed by atoms with Gasteiger partial charge in [-0.2, -0.15) is 0 Å². The van der Waals surface area contributed by atoms with Gasteiger partial charge in [-0.3, -0.25) is 6.29 Å². The number of rotatable bonds is 5. The van der Waals surface area contributed by atoms with Gasteiger partial charge in [0.15, 0.2) is 0 Å². The van der Waals surface area contributed by atoms with Crippen molar-refractivity contribution >= 4 is 18.3 Å². The number of hydrogen-bond acceptors (Lipinski definition) is 5. The van der Waals surface area contributed by atoms with E-state index in [0.29, 0.717) is 0 Å². The molecule has 0 aliphatic rings. The Hall–Kier alpha value is -0.902. The summed E-state index contributed by atoms with van der Waals surface area (Å²) in [5, 5.41) is 2.43. The van der Waals surface area contributed by atoms with Crippen LogP contribution < -0.4 is 5.32 Å². The third kappa shape index (κ3) is 7.63. The third-order valence-electron chi connectivity index (χ3n) is 2.41. The standard InChI is InChI=1S/C13H22NO5.W/c1-12(2,3)19-11(17)14-9(10(16)18-6)13(4,5)7-8-15;/h9H,7H2,1-6H3,(H,14,17);/q-1;. The van der Waals surface area contributed by atoms with Crippen molar-refractivity contribution in [3.63, 3.8) is 0 Å². The molecule has 0 heterocycles. The van der Waals surface area contributed by atoms with Gasteiger partial charge in [0.2, 0.25) is 0 Å². The maximum absolute atomic E-state index is 11.7. The second kappa shape index (κ2) is 8.40. The molecule has 0 saturated heterocycles. The summed E-state index contributed by atoms with van der Waals surface area (Å²) in [6.45, 7) is 8.46. The van der Waals surface area contributed by atoms with E-state index in [0.717, 1.165) is 0 Å². The van der Waals surface area contributed by atoms with E-state index in [9.17, 15) is 14.4 Å². The Morgan fingerprint density at radius 3 is 2.05 bits per heavy atom. The summed E-state index contributed by atoms with van der Waals surface area (Å²) in [5.41, 5.74) is -1.49. The van der Waals surface area contributed by atoms with Crippen molar-refractivity contribution in [2.45, 2.75) is 52.7 Å². The second-order valence-electron chi connectivity index (χ2n) is 5.91. The Bertz CT molecular complexity index is 349. The number of hydrogen-bond donors (Lipinski definition) is 1. The zero-order valence-electron chi connectivity index (χ0n) is 12.7. The summed E-state index contributed by atoms with van der Waals surface area (Å²) in [6.07, 6.45) is 0.993. The Morgan fingerprint density at radius 1 is 1.20 bits per heavy atom. The van der Waals surface area contributed by atoms with Crippen LogP contribution in [0.2, 0.25) is 0 Å². The molecule has 0 bridgehead atoms. The summed E-state index contributed by atoms with van der Waals surface area (Å²) >= 11 is 0. The van der Waals surface area contributed by atoms with Crippen LogP contribution >= 0.6 is 0 Å². The zero-order chi connectivity index (χ0) is 15.3. The monoisotopic (exact) mass is 456 g/mol. The van der Waals surface area contributed by atoms with Crippen LogP contribution in [0, 0.1) is 5.41 Å². The van der Waals surface area contributed by atoms with Crippen molar-refractivity contribution in [3.8, 4) is 0 Å². The molecular weight excluding hydrogens is 434 g/mol. The molecule has 0 radical (unpaired) electrons. The number of carbonyl (C=O) groups is 2. The fourth-order valence-electron chi connectivity index (χ4n) is 1.40. The van der Waals surface area contributed by atoms with Gasteiger partial charge in [-0.1, -0.05) is 13.8 Å². The smallest absolute Gasteiger partial charge is 0.408 e. The predicted molar refractivity (Wildman–Crippen MR) is 69.3 cm³/mol. The first-order valence-corrected chi connectivity index (χ1v) is 5.96. The molecule has 0 rings (SSSR count). The van der Waals surface area contributed by atoms with E-state index in [1.807, 2.05) is 0 Å². The summed E-state index contributed by atoms with van der Waals surface area (Å²) < 4.78 is 9.72. The van der Waals surface area contributed by atoms with Crippen molar-refractivity contribution < 1.29 is 44.9 Å². The number of esters is 1. The van der Waals surface area contributed by atoms with Crippen molar-refractivity contribution in [1.29, 1.82) is 0 Å². The van der Waals surface area contributed by atoms with Crippen LogP contribution in [0.5, 0.6) is 0 Å². The molecule has 1 atom stereocenters. The van der Waals surface area contributed by atoms with Gasteiger partial charge in [0, 0.05) is 21.1 Å². The maximum Gasteiger partial charge on any atom is 0.408 e. The van der Waals surface area contributed by atoms with Crippen LogP contribution in [0.4, 0.5) is 4.79 Å². The third-order valence-corrected chi connectivity index (χ3v) is 2.41. The van der Waals surface area contributed by atoms with E-state index >= 15 is 0 Å². The first kappa shape index (κ1) is 21.4. The van der Waals surface area contributed by atoms with Crippen LogP contribution in [0.25, 0.3) is 0 Å². The van der Waals surface area contributed by atoms with Crippen LogP contribution in [-0.2, 0) is 40.1 Å².